The molecular formula is CClNNa2. The third-order valence-corrected chi connectivity index (χ3v) is 0. The Bertz CT molecular complexity index is 14.4. The van der Waals surface area contributed by atoms with Crippen molar-refractivity contribution in [3.63, 3.8) is 0 Å². The Morgan fingerprint density at radius 2 is 1.00 bits per heavy atom. The Hall–Kier alpha value is 1.78. The molecule has 0 aromatic heterocycles. The van der Waals surface area contributed by atoms with E-state index in [4.69, 9.17) is 11.8 Å². The van der Waals surface area contributed by atoms with E-state index in [1.807, 2.05) is 0 Å². The van der Waals surface area contributed by atoms with Crippen molar-refractivity contribution in [3.05, 3.63) is 6.57 Å². The maximum absolute atomic E-state index is 6.25. The summed E-state index contributed by atoms with van der Waals surface area (Å²) in [7, 11) is 0. The summed E-state index contributed by atoms with van der Waals surface area (Å²) in [6.07, 6.45) is 0. The van der Waals surface area contributed by atoms with Crippen LogP contribution in [-0.4, -0.2) is 0 Å². The van der Waals surface area contributed by atoms with E-state index in [0.717, 1.165) is 0 Å². The second kappa shape index (κ2) is 41.7. The molecule has 18 valence electrons. The Morgan fingerprint density at radius 1 is 1.00 bits per heavy atom. The van der Waals surface area contributed by atoms with Gasteiger partial charge in [0.25, 0.3) is 0 Å². The van der Waals surface area contributed by atoms with Crippen LogP contribution in [-0.2, 0) is 0 Å². The van der Waals surface area contributed by atoms with Crippen LogP contribution < -0.4 is 71.5 Å². The summed E-state index contributed by atoms with van der Waals surface area (Å²) in [6, 6.07) is 0. The quantitative estimate of drug-likeness (QED) is 0.223. The van der Waals surface area contributed by atoms with Gasteiger partial charge in [0.05, 0.1) is 0 Å². The molecule has 0 aliphatic rings. The van der Waals surface area contributed by atoms with Gasteiger partial charge in [-0.3, -0.25) is 0 Å². The van der Waals surface area contributed by atoms with Crippen LogP contribution in [0.25, 0.3) is 0 Å². The molecule has 0 aliphatic heterocycles. The molecule has 0 unspecified atom stereocenters. The van der Waals surface area contributed by atoms with Gasteiger partial charge in [0, 0.05) is 0 Å². The Balaban J connectivity index is -0.00000000167. The van der Waals surface area contributed by atoms with E-state index in [2.05, 4.69) is 0 Å². The van der Waals surface area contributed by atoms with Crippen molar-refractivity contribution in [1.82, 2.24) is 0 Å². The molecule has 0 bridgehead atoms. The SMILES string of the molecule is [C-]#N.[Cl-].[Na+].[Na+]. The maximum Gasteiger partial charge on any atom is 1.00 e. The van der Waals surface area contributed by atoms with Crippen LogP contribution in [0.1, 0.15) is 0 Å². The number of nitrogens with zero attached hydrogens (tertiary/aromatic N) is 1. The smallest absolute Gasteiger partial charge is 1.00 e. The fourth-order valence-electron chi connectivity index (χ4n) is 0. The third-order valence-electron chi connectivity index (χ3n) is 0. The van der Waals surface area contributed by atoms with Crippen molar-refractivity contribution in [2.75, 3.05) is 0 Å². The van der Waals surface area contributed by atoms with Crippen molar-refractivity contribution >= 4 is 0 Å². The van der Waals surface area contributed by atoms with E-state index in [1.165, 1.54) is 0 Å². The Kier molecular flexibility index (Phi) is 244. The molecule has 0 saturated carbocycles. The molecule has 0 atom stereocenters. The third kappa shape index (κ3) is 26.1. The minimum Gasteiger partial charge on any atom is -1.00 e. The molecule has 0 aromatic rings. The van der Waals surface area contributed by atoms with E-state index in [0.29, 0.717) is 0 Å². The predicted octanol–water partition coefficient (Wildman–Crippen LogP) is -8.89. The fraction of sp³-hybridized carbons (Fsp3) is 0. The van der Waals surface area contributed by atoms with Crippen molar-refractivity contribution in [1.29, 1.82) is 5.26 Å². The summed E-state index contributed by atoms with van der Waals surface area (Å²) in [4.78, 5) is 0. The Morgan fingerprint density at radius 3 is 1.00 bits per heavy atom. The molecule has 0 rings (SSSR count). The summed E-state index contributed by atoms with van der Waals surface area (Å²) < 4.78 is 0. The monoisotopic (exact) mass is 107 g/mol. The number of hydrogen-bond acceptors (Lipinski definition) is 1. The van der Waals surface area contributed by atoms with Crippen LogP contribution in [0, 0.1) is 11.8 Å². The van der Waals surface area contributed by atoms with Crippen molar-refractivity contribution in [3.8, 4) is 0 Å². The molecule has 5 heavy (non-hydrogen) atoms. The second-order valence-corrected chi connectivity index (χ2v) is 0. The molecule has 1 nitrogen and oxygen atoms in total. The number of hydrogen-bond donors (Lipinski definition) is 0. The van der Waals surface area contributed by atoms with E-state index in [-0.39, 0.29) is 71.5 Å². The van der Waals surface area contributed by atoms with Gasteiger partial charge in [-0.05, 0) is 0 Å². The van der Waals surface area contributed by atoms with Crippen molar-refractivity contribution < 1.29 is 71.5 Å². The fourth-order valence-corrected chi connectivity index (χ4v) is 0. The summed E-state index contributed by atoms with van der Waals surface area (Å²) in [5.74, 6) is 0. The summed E-state index contributed by atoms with van der Waals surface area (Å²) >= 11 is 0. The van der Waals surface area contributed by atoms with Gasteiger partial charge in [0.2, 0.25) is 0 Å². The predicted molar refractivity (Wildman–Crippen MR) is 4.97 cm³/mol. The van der Waals surface area contributed by atoms with Gasteiger partial charge in [-0.1, -0.05) is 0 Å². The van der Waals surface area contributed by atoms with Gasteiger partial charge >= 0.3 is 59.1 Å². The molecule has 0 N–H and O–H groups in total. The molecule has 0 fully saturated rings. The van der Waals surface area contributed by atoms with Gasteiger partial charge in [-0.15, -0.1) is 0 Å². The molecule has 0 radical (unpaired) electrons. The first kappa shape index (κ1) is 29.3. The largest absolute Gasteiger partial charge is 1.00 e. The summed E-state index contributed by atoms with van der Waals surface area (Å²) in [5, 5.41) is 6.25. The molecule has 4 heteroatoms. The van der Waals surface area contributed by atoms with Crippen LogP contribution in [0.15, 0.2) is 0 Å². The van der Waals surface area contributed by atoms with E-state index in [1.54, 1.807) is 0 Å². The first-order valence-electron chi connectivity index (χ1n) is 0.224. The van der Waals surface area contributed by atoms with Gasteiger partial charge in [-0.2, -0.15) is 0 Å². The molecule has 0 saturated heterocycles. The molecule has 0 aromatic carbocycles. The van der Waals surface area contributed by atoms with Crippen LogP contribution in [0.5, 0.6) is 0 Å². The van der Waals surface area contributed by atoms with Crippen LogP contribution in [0.2, 0.25) is 0 Å². The summed E-state index contributed by atoms with van der Waals surface area (Å²) in [6.45, 7) is 4.75. The average Bonchev–Trinajstić information content (AvgIpc) is 1.00. The van der Waals surface area contributed by atoms with Gasteiger partial charge in [-0.25, -0.2) is 0 Å². The molecular weight excluding hydrogens is 107 g/mol. The second-order valence-electron chi connectivity index (χ2n) is 0. The van der Waals surface area contributed by atoms with Gasteiger partial charge in [0.15, 0.2) is 0 Å². The Labute approximate surface area is 82.1 Å². The molecule has 0 amide bonds. The van der Waals surface area contributed by atoms with Crippen LogP contribution in [0.4, 0.5) is 0 Å². The van der Waals surface area contributed by atoms with Crippen molar-refractivity contribution in [2.24, 2.45) is 0 Å². The first-order chi connectivity index (χ1) is 1.00. The van der Waals surface area contributed by atoms with E-state index < -0.39 is 0 Å². The molecule has 0 spiro atoms. The van der Waals surface area contributed by atoms with Crippen molar-refractivity contribution in [2.45, 2.75) is 0 Å². The van der Waals surface area contributed by atoms with Crippen LogP contribution in [0.3, 0.4) is 0 Å². The normalized spacial score (nSPS) is 0.400. The van der Waals surface area contributed by atoms with Crippen LogP contribution >= 0.6 is 0 Å². The zero-order valence-corrected chi connectivity index (χ0v) is 8.08. The standard InChI is InChI=1S/CN.ClH.2Na/c1-2;;;/h;1H;;/q-1;;2*+1/p-1. The minimum absolute atomic E-state index is 0. The summed E-state index contributed by atoms with van der Waals surface area (Å²) in [5.41, 5.74) is 0. The van der Waals surface area contributed by atoms with E-state index in [9.17, 15) is 0 Å². The van der Waals surface area contributed by atoms with E-state index >= 15 is 0 Å². The average molecular weight is 107 g/mol. The topological polar surface area (TPSA) is 23.8 Å². The maximum atomic E-state index is 6.25. The van der Waals surface area contributed by atoms with Gasteiger partial charge in [0.1, 0.15) is 0 Å². The zero-order valence-electron chi connectivity index (χ0n) is 3.33. The molecule has 0 heterocycles. The molecule has 0 aliphatic carbocycles. The number of halogens is 1. The number of rotatable bonds is 0. The minimum atomic E-state index is 0. The first-order valence-corrected chi connectivity index (χ1v) is 0.224. The van der Waals surface area contributed by atoms with Gasteiger partial charge < -0.3 is 24.2 Å². The zero-order chi connectivity index (χ0) is 2.00.